The summed E-state index contributed by atoms with van der Waals surface area (Å²) in [5.41, 5.74) is 4.01. The predicted octanol–water partition coefficient (Wildman–Crippen LogP) is 8.80. The van der Waals surface area contributed by atoms with Crippen LogP contribution in [0.15, 0.2) is 54.6 Å². The molecule has 77 heavy (non-hydrogen) atoms. The van der Waals surface area contributed by atoms with Crippen LogP contribution in [0.25, 0.3) is 22.0 Å². The zero-order valence-electron chi connectivity index (χ0n) is 43.7. The number of imide groups is 1. The van der Waals surface area contributed by atoms with Crippen LogP contribution in [-0.2, 0) is 22.2 Å². The van der Waals surface area contributed by atoms with Gasteiger partial charge < -0.3 is 35.4 Å². The number of ether oxygens (including phenoxy) is 2. The molecule has 5 aliphatic rings. The van der Waals surface area contributed by atoms with Crippen molar-refractivity contribution in [3.63, 3.8) is 0 Å². The lowest BCUT2D eigenvalue weighted by atomic mass is 9.77. The molecule has 5 aromatic rings. The number of hydrogen-bond acceptors (Lipinski definition) is 10. The summed E-state index contributed by atoms with van der Waals surface area (Å²) < 4.78 is 78.6. The van der Waals surface area contributed by atoms with Crippen LogP contribution in [0.4, 0.5) is 28.2 Å². The highest BCUT2D eigenvalue weighted by molar-refractivity contribution is 6.34. The van der Waals surface area contributed by atoms with E-state index in [1.807, 2.05) is 42.2 Å². The second kappa shape index (κ2) is 21.5. The molecule has 15 nitrogen and oxygen atoms in total. The van der Waals surface area contributed by atoms with Crippen LogP contribution in [0.5, 0.6) is 11.5 Å². The highest BCUT2D eigenvalue weighted by Gasteiger charge is 2.50. The van der Waals surface area contributed by atoms with Gasteiger partial charge in [0.15, 0.2) is 28.8 Å². The molecule has 0 spiro atoms. The second-order valence-electron chi connectivity index (χ2n) is 22.3. The lowest BCUT2D eigenvalue weighted by molar-refractivity contribution is -0.138. The number of nitrogens with zero attached hydrogens (tertiary/aromatic N) is 5. The SMILES string of the molecule is CC1c2c(cc(F)c(Cl)c2-c2c(C(N)=O)ccc(OCC(C)(C)O)c2F)OC1(CNC1CCC(C(=O)N2CCC(CN3CCC(c4c(F)cc5c(N6CCC(=O)NC6=O)nn(C)c5c4F)CC3)CC2)CC1)c1ccccc1. The maximum absolute atomic E-state index is 16.7. The third-order valence-electron chi connectivity index (χ3n) is 16.6. The van der Waals surface area contributed by atoms with Crippen molar-refractivity contribution >= 4 is 52.1 Å². The van der Waals surface area contributed by atoms with E-state index in [1.54, 1.807) is 7.05 Å². The summed E-state index contributed by atoms with van der Waals surface area (Å²) >= 11 is 6.76. The number of aryl methyl sites for hydroxylation is 1. The Balaban J connectivity index is 0.744. The van der Waals surface area contributed by atoms with Crippen LogP contribution in [-0.4, -0.2) is 113 Å². The van der Waals surface area contributed by atoms with Crippen molar-refractivity contribution in [3.05, 3.63) is 105 Å². The monoisotopic (exact) mass is 1080 g/mol. The number of fused-ring (bicyclic) bond motifs is 2. The number of aromatic nitrogens is 2. The number of anilines is 1. The fraction of sp³-hybridized carbons (Fsp3) is 0.491. The van der Waals surface area contributed by atoms with Crippen molar-refractivity contribution < 1.29 is 51.3 Å². The Morgan fingerprint density at radius 1 is 0.909 bits per heavy atom. The Kier molecular flexibility index (Phi) is 15.1. The molecule has 2 unspecified atom stereocenters. The minimum Gasteiger partial charge on any atom is -0.488 e. The third-order valence-corrected chi connectivity index (χ3v) is 17.0. The van der Waals surface area contributed by atoms with Crippen LogP contribution in [0.2, 0.25) is 5.02 Å². The Morgan fingerprint density at radius 2 is 1.61 bits per heavy atom. The summed E-state index contributed by atoms with van der Waals surface area (Å²) in [5.74, 6) is -5.12. The molecule has 0 radical (unpaired) electrons. The van der Waals surface area contributed by atoms with Gasteiger partial charge in [0.25, 0.3) is 0 Å². The Morgan fingerprint density at radius 3 is 2.27 bits per heavy atom. The average molecular weight is 1090 g/mol. The fourth-order valence-corrected chi connectivity index (χ4v) is 12.7. The number of urea groups is 1. The topological polar surface area (TPSA) is 185 Å². The largest absolute Gasteiger partial charge is 0.488 e. The molecule has 2 atom stereocenters. The van der Waals surface area contributed by atoms with Crippen LogP contribution in [0, 0.1) is 35.1 Å². The molecule has 4 fully saturated rings. The minimum atomic E-state index is -1.32. The van der Waals surface area contributed by atoms with Gasteiger partial charge in [0.05, 0.1) is 21.6 Å². The smallest absolute Gasteiger partial charge is 0.329 e. The number of aliphatic hydroxyl groups is 1. The molecule has 0 bridgehead atoms. The number of carbonyl (C=O) groups is 4. The van der Waals surface area contributed by atoms with E-state index in [9.17, 15) is 24.3 Å². The molecule has 20 heteroatoms. The lowest BCUT2D eigenvalue weighted by Crippen LogP contribution is -2.49. The lowest BCUT2D eigenvalue weighted by Gasteiger charge is -2.40. The molecule has 410 valence electrons. The quantitative estimate of drug-likeness (QED) is 0.0784. The van der Waals surface area contributed by atoms with Gasteiger partial charge in [-0.1, -0.05) is 48.9 Å². The summed E-state index contributed by atoms with van der Waals surface area (Å²) in [6, 6.07) is 13.8. The Labute approximate surface area is 449 Å². The maximum Gasteiger partial charge on any atom is 0.329 e. The normalized spacial score (nSPS) is 22.8. The number of likely N-dealkylation sites (tertiary alicyclic amines) is 2. The molecule has 5 heterocycles. The van der Waals surface area contributed by atoms with E-state index in [0.29, 0.717) is 63.3 Å². The molecular weight excluding hydrogens is 1020 g/mol. The molecule has 10 rings (SSSR count). The van der Waals surface area contributed by atoms with Crippen molar-refractivity contribution in [2.45, 2.75) is 108 Å². The zero-order valence-corrected chi connectivity index (χ0v) is 44.5. The van der Waals surface area contributed by atoms with Crippen LogP contribution in [0.1, 0.15) is 117 Å². The number of carbonyl (C=O) groups excluding carboxylic acids is 4. The molecule has 1 aromatic heterocycles. The van der Waals surface area contributed by atoms with E-state index >= 15 is 17.6 Å². The van der Waals surface area contributed by atoms with Crippen LogP contribution in [0.3, 0.4) is 0 Å². The van der Waals surface area contributed by atoms with E-state index in [2.05, 4.69) is 20.6 Å². The van der Waals surface area contributed by atoms with Gasteiger partial charge in [-0.05, 0) is 114 Å². The van der Waals surface area contributed by atoms with Crippen molar-refractivity contribution in [1.82, 2.24) is 30.2 Å². The number of amides is 5. The molecule has 5 N–H and O–H groups in total. The molecule has 4 aliphatic heterocycles. The molecule has 1 saturated carbocycles. The number of primary amides is 1. The number of nitrogens with two attached hydrogens (primary N) is 1. The van der Waals surface area contributed by atoms with E-state index < -0.39 is 63.3 Å². The van der Waals surface area contributed by atoms with E-state index in [-0.39, 0.29) is 100 Å². The standard InChI is InChI=1S/C57H65ClF4N8O7/c1-31-44-42(27-40(60)48(58)47(44)46-37(52(63)72)14-15-41(49(46)61)76-30-56(2,3)75)77-57(31,35-8-6-5-7-9-35)29-64-36-12-10-34(11-13-36)54(73)69-23-16-32(17-24-69)28-68-21-18-33(19-22-68)45-39(59)26-38-51(50(45)62)67(4)66-53(38)70-25-20-43(71)65-55(70)74/h5-9,14-15,26-27,31-34,36,64,75H,10-13,16-25,28-30H2,1-4H3,(H2,63,72)(H,65,71,74). The molecule has 5 amide bonds. The van der Waals surface area contributed by atoms with E-state index in [0.717, 1.165) is 37.8 Å². The van der Waals surface area contributed by atoms with Gasteiger partial charge >= 0.3 is 6.03 Å². The first-order chi connectivity index (χ1) is 36.7. The highest BCUT2D eigenvalue weighted by atomic mass is 35.5. The summed E-state index contributed by atoms with van der Waals surface area (Å²) in [6.07, 6.45) is 5.80. The third kappa shape index (κ3) is 10.5. The first-order valence-corrected chi connectivity index (χ1v) is 27.1. The van der Waals surface area contributed by atoms with Gasteiger partial charge in [0.1, 0.15) is 29.5 Å². The first kappa shape index (κ1) is 54.1. The highest BCUT2D eigenvalue weighted by Crippen LogP contribution is 2.57. The maximum atomic E-state index is 16.7. The van der Waals surface area contributed by atoms with Gasteiger partial charge in [-0.3, -0.25) is 29.3 Å². The number of nitrogens with one attached hydrogen (secondary N) is 2. The van der Waals surface area contributed by atoms with Gasteiger partial charge in [0.2, 0.25) is 17.7 Å². The van der Waals surface area contributed by atoms with Crippen LogP contribution >= 0.6 is 11.6 Å². The Hall–Kier alpha value is -6.28. The van der Waals surface area contributed by atoms with Gasteiger partial charge in [-0.15, -0.1) is 0 Å². The van der Waals surface area contributed by atoms with E-state index in [4.69, 9.17) is 26.8 Å². The summed E-state index contributed by atoms with van der Waals surface area (Å²) in [4.78, 5) is 56.8. The molecule has 1 aliphatic carbocycles. The van der Waals surface area contributed by atoms with E-state index in [1.165, 1.54) is 47.7 Å². The predicted molar refractivity (Wildman–Crippen MR) is 282 cm³/mol. The number of hydrogen-bond donors (Lipinski definition) is 4. The van der Waals surface area contributed by atoms with Gasteiger partial charge in [-0.2, -0.15) is 5.10 Å². The van der Waals surface area contributed by atoms with Crippen molar-refractivity contribution in [1.29, 1.82) is 0 Å². The number of piperidine rings is 2. The van der Waals surface area contributed by atoms with Crippen molar-refractivity contribution in [2.75, 3.05) is 57.3 Å². The second-order valence-corrected chi connectivity index (χ2v) is 22.6. The Bertz CT molecular complexity index is 3110. The first-order valence-electron chi connectivity index (χ1n) is 26.7. The number of halogens is 5. The summed E-state index contributed by atoms with van der Waals surface area (Å²) in [7, 11) is 1.56. The molecule has 3 saturated heterocycles. The molecule has 4 aromatic carbocycles. The fourth-order valence-electron chi connectivity index (χ4n) is 12.5. The number of benzene rings is 4. The summed E-state index contributed by atoms with van der Waals surface area (Å²) in [5, 5.41) is 20.4. The minimum absolute atomic E-state index is 0.0272. The zero-order chi connectivity index (χ0) is 54.7. The van der Waals surface area contributed by atoms with Crippen molar-refractivity contribution in [2.24, 2.45) is 24.6 Å². The number of rotatable bonds is 14. The average Bonchev–Trinajstić information content (AvgIpc) is 3.97. The van der Waals surface area contributed by atoms with Crippen molar-refractivity contribution in [3.8, 4) is 22.6 Å². The van der Waals surface area contributed by atoms with Gasteiger partial charge in [-0.25, -0.2) is 22.4 Å². The van der Waals surface area contributed by atoms with Gasteiger partial charge in [0, 0.05) is 92.4 Å². The summed E-state index contributed by atoms with van der Waals surface area (Å²) in [6.45, 7) is 8.49. The molecular formula is C57H65ClF4N8O7. The van der Waals surface area contributed by atoms with Crippen LogP contribution < -0.4 is 30.7 Å².